The number of carbonyl (C=O) groups is 1. The maximum Gasteiger partial charge on any atom is 0.237 e. The second-order valence-electron chi connectivity index (χ2n) is 7.97. The molecule has 5 rings (SSSR count). The maximum atomic E-state index is 13.7. The van der Waals surface area contributed by atoms with Crippen LogP contribution in [0.1, 0.15) is 45.4 Å². The number of carbonyl (C=O) groups excluding carboxylic acids is 1. The smallest absolute Gasteiger partial charge is 0.237 e. The molecular formula is C19H23F2NOS. The van der Waals surface area contributed by atoms with Crippen molar-refractivity contribution in [1.29, 1.82) is 0 Å². The van der Waals surface area contributed by atoms with Gasteiger partial charge >= 0.3 is 0 Å². The highest BCUT2D eigenvalue weighted by Gasteiger charge is 2.52. The fourth-order valence-electron chi connectivity index (χ4n) is 5.43. The van der Waals surface area contributed by atoms with Gasteiger partial charge in [-0.25, -0.2) is 8.78 Å². The first-order valence-corrected chi connectivity index (χ1v) is 9.74. The molecule has 0 saturated heterocycles. The van der Waals surface area contributed by atoms with Crippen molar-refractivity contribution in [2.45, 2.75) is 55.4 Å². The molecule has 0 spiro atoms. The third-order valence-electron chi connectivity index (χ3n) is 5.97. The lowest BCUT2D eigenvalue weighted by molar-refractivity contribution is -0.115. The first kappa shape index (κ1) is 16.4. The summed E-state index contributed by atoms with van der Waals surface area (Å²) in [6.07, 6.45) is 7.81. The normalized spacial score (nSPS) is 35.0. The van der Waals surface area contributed by atoms with E-state index in [-0.39, 0.29) is 21.6 Å². The first-order chi connectivity index (χ1) is 11.4. The molecule has 0 heterocycles. The third kappa shape index (κ3) is 3.07. The molecule has 4 aliphatic rings. The number of thioether (sulfide) groups is 1. The van der Waals surface area contributed by atoms with Crippen LogP contribution in [0.5, 0.6) is 0 Å². The highest BCUT2D eigenvalue weighted by Crippen LogP contribution is 2.61. The van der Waals surface area contributed by atoms with E-state index in [0.717, 1.165) is 29.9 Å². The van der Waals surface area contributed by atoms with Crippen molar-refractivity contribution in [3.8, 4) is 0 Å². The monoisotopic (exact) mass is 351 g/mol. The molecule has 1 atom stereocenters. The van der Waals surface area contributed by atoms with Gasteiger partial charge in [-0.2, -0.15) is 0 Å². The standard InChI is InChI=1S/C19H23F2NOS/c1-11(18(23)22-17-3-2-15(20)7-16(17)21)24-19-8-12-4-13(9-19)6-14(5-12)10-19/h2-3,7,11-14H,4-6,8-10H2,1H3,(H,22,23)/t11-,12?,13?,14?,19?/m0/s1. The van der Waals surface area contributed by atoms with Crippen LogP contribution in [0.3, 0.4) is 0 Å². The molecule has 1 N–H and O–H groups in total. The van der Waals surface area contributed by atoms with Crippen molar-refractivity contribution in [2.75, 3.05) is 5.32 Å². The second-order valence-corrected chi connectivity index (χ2v) is 9.78. The Balaban J connectivity index is 1.42. The van der Waals surface area contributed by atoms with Crippen molar-refractivity contribution in [1.82, 2.24) is 0 Å². The Morgan fingerprint density at radius 3 is 2.29 bits per heavy atom. The number of nitrogens with one attached hydrogen (secondary N) is 1. The van der Waals surface area contributed by atoms with E-state index in [0.29, 0.717) is 0 Å². The minimum atomic E-state index is -0.727. The fourth-order valence-corrected chi connectivity index (χ4v) is 7.34. The van der Waals surface area contributed by atoms with Crippen molar-refractivity contribution in [3.63, 3.8) is 0 Å². The van der Waals surface area contributed by atoms with Gasteiger partial charge in [-0.1, -0.05) is 0 Å². The van der Waals surface area contributed by atoms with Gasteiger partial charge in [0.05, 0.1) is 10.9 Å². The zero-order valence-electron chi connectivity index (χ0n) is 13.9. The summed E-state index contributed by atoms with van der Waals surface area (Å²) in [6.45, 7) is 1.90. The molecule has 4 aliphatic carbocycles. The van der Waals surface area contributed by atoms with Crippen LogP contribution < -0.4 is 5.32 Å². The van der Waals surface area contributed by atoms with Crippen LogP contribution in [0, 0.1) is 29.4 Å². The van der Waals surface area contributed by atoms with Gasteiger partial charge in [0.25, 0.3) is 0 Å². The van der Waals surface area contributed by atoms with Gasteiger partial charge in [-0.3, -0.25) is 4.79 Å². The molecule has 1 aromatic carbocycles. The lowest BCUT2D eigenvalue weighted by atomic mass is 9.56. The topological polar surface area (TPSA) is 29.1 Å². The van der Waals surface area contributed by atoms with Gasteiger partial charge in [0.15, 0.2) is 0 Å². The van der Waals surface area contributed by atoms with E-state index >= 15 is 0 Å². The van der Waals surface area contributed by atoms with Crippen LogP contribution in [0.25, 0.3) is 0 Å². The Labute approximate surface area is 145 Å². The van der Waals surface area contributed by atoms with Crippen molar-refractivity contribution < 1.29 is 13.6 Å². The van der Waals surface area contributed by atoms with E-state index in [2.05, 4.69) is 5.32 Å². The third-order valence-corrected chi connectivity index (χ3v) is 7.53. The molecule has 2 nitrogen and oxygen atoms in total. The van der Waals surface area contributed by atoms with E-state index in [4.69, 9.17) is 0 Å². The highest BCUT2D eigenvalue weighted by atomic mass is 32.2. The Kier molecular flexibility index (Phi) is 4.10. The maximum absolute atomic E-state index is 13.7. The highest BCUT2D eigenvalue weighted by molar-refractivity contribution is 8.01. The molecule has 0 radical (unpaired) electrons. The zero-order valence-corrected chi connectivity index (χ0v) is 14.7. The van der Waals surface area contributed by atoms with Crippen molar-refractivity contribution in [3.05, 3.63) is 29.8 Å². The van der Waals surface area contributed by atoms with E-state index in [1.165, 1.54) is 44.6 Å². The molecule has 4 fully saturated rings. The second kappa shape index (κ2) is 6.01. The average Bonchev–Trinajstić information content (AvgIpc) is 2.48. The SMILES string of the molecule is C[C@H](SC12CC3CC(CC(C3)C1)C2)C(=O)Nc1ccc(F)cc1F. The molecule has 4 bridgehead atoms. The van der Waals surface area contributed by atoms with E-state index in [9.17, 15) is 13.6 Å². The minimum Gasteiger partial charge on any atom is -0.323 e. The number of halogens is 2. The molecule has 5 heteroatoms. The van der Waals surface area contributed by atoms with E-state index in [1.807, 2.05) is 6.92 Å². The lowest BCUT2D eigenvalue weighted by Gasteiger charge is -2.57. The van der Waals surface area contributed by atoms with Crippen LogP contribution in [-0.4, -0.2) is 15.9 Å². The van der Waals surface area contributed by atoms with E-state index in [1.54, 1.807) is 11.8 Å². The number of amides is 1. The fraction of sp³-hybridized carbons (Fsp3) is 0.632. The van der Waals surface area contributed by atoms with Crippen LogP contribution in [0.15, 0.2) is 18.2 Å². The molecule has 24 heavy (non-hydrogen) atoms. The Morgan fingerprint density at radius 2 is 1.75 bits per heavy atom. The van der Waals surface area contributed by atoms with Gasteiger partial charge < -0.3 is 5.32 Å². The van der Waals surface area contributed by atoms with Crippen molar-refractivity contribution in [2.24, 2.45) is 17.8 Å². The molecule has 130 valence electrons. The molecule has 0 unspecified atom stereocenters. The number of anilines is 1. The average molecular weight is 351 g/mol. The number of hydrogen-bond donors (Lipinski definition) is 1. The van der Waals surface area contributed by atoms with Gasteiger partial charge in [-0.15, -0.1) is 11.8 Å². The number of hydrogen-bond acceptors (Lipinski definition) is 2. The largest absolute Gasteiger partial charge is 0.323 e. The van der Waals surface area contributed by atoms with Crippen molar-refractivity contribution >= 4 is 23.4 Å². The molecule has 1 aromatic rings. The van der Waals surface area contributed by atoms with Crippen LogP contribution in [-0.2, 0) is 4.79 Å². The summed E-state index contributed by atoms with van der Waals surface area (Å²) in [5.74, 6) is 0.966. The minimum absolute atomic E-state index is 0.0550. The zero-order chi connectivity index (χ0) is 16.9. The molecular weight excluding hydrogens is 328 g/mol. The predicted octanol–water partition coefficient (Wildman–Crippen LogP) is 4.99. The summed E-state index contributed by atoms with van der Waals surface area (Å²) in [4.78, 5) is 12.5. The first-order valence-electron chi connectivity index (χ1n) is 8.86. The van der Waals surface area contributed by atoms with Crippen LogP contribution in [0.4, 0.5) is 14.5 Å². The molecule has 4 saturated carbocycles. The lowest BCUT2D eigenvalue weighted by Crippen LogP contribution is -2.49. The predicted molar refractivity (Wildman–Crippen MR) is 92.9 cm³/mol. The quantitative estimate of drug-likeness (QED) is 0.828. The Hall–Kier alpha value is -1.10. The summed E-state index contributed by atoms with van der Waals surface area (Å²) in [6, 6.07) is 3.24. The van der Waals surface area contributed by atoms with Crippen LogP contribution >= 0.6 is 11.8 Å². The number of benzene rings is 1. The van der Waals surface area contributed by atoms with Gasteiger partial charge in [-0.05, 0) is 75.3 Å². The van der Waals surface area contributed by atoms with E-state index < -0.39 is 11.6 Å². The van der Waals surface area contributed by atoms with Gasteiger partial charge in [0.2, 0.25) is 5.91 Å². The van der Waals surface area contributed by atoms with Crippen LogP contribution in [0.2, 0.25) is 0 Å². The van der Waals surface area contributed by atoms with Gasteiger partial charge in [0, 0.05) is 10.8 Å². The molecule has 0 aromatic heterocycles. The number of rotatable bonds is 4. The summed E-state index contributed by atoms with van der Waals surface area (Å²) in [5, 5.41) is 2.39. The summed E-state index contributed by atoms with van der Waals surface area (Å²) < 4.78 is 26.9. The van der Waals surface area contributed by atoms with Gasteiger partial charge in [0.1, 0.15) is 11.6 Å². The molecule has 0 aliphatic heterocycles. The summed E-state index contributed by atoms with van der Waals surface area (Å²) in [5.41, 5.74) is 0.0550. The Morgan fingerprint density at radius 1 is 1.17 bits per heavy atom. The molecule has 1 amide bonds. The Bertz CT molecular complexity index is 627. The summed E-state index contributed by atoms with van der Waals surface area (Å²) in [7, 11) is 0. The summed E-state index contributed by atoms with van der Waals surface area (Å²) >= 11 is 1.78.